The first-order valence-electron chi connectivity index (χ1n) is 6.09. The molecule has 0 aliphatic carbocycles. The summed E-state index contributed by atoms with van der Waals surface area (Å²) in [4.78, 5) is 2.11. The number of fused-ring (bicyclic) bond motifs is 1. The Morgan fingerprint density at radius 2 is 2.11 bits per heavy atom. The van der Waals surface area contributed by atoms with Crippen LogP contribution in [-0.4, -0.2) is 45.0 Å². The van der Waals surface area contributed by atoms with Gasteiger partial charge in [-0.25, -0.2) is 0 Å². The third kappa shape index (κ3) is 3.05. The predicted molar refractivity (Wildman–Crippen MR) is 69.2 cm³/mol. The Hall–Kier alpha value is -1.46. The van der Waals surface area contributed by atoms with Crippen LogP contribution in [0.5, 0.6) is 17.2 Å². The molecule has 0 fully saturated rings. The predicted octanol–water partition coefficient (Wildman–Crippen LogP) is 1.07. The molecule has 1 atom stereocenters. The van der Waals surface area contributed by atoms with Crippen LogP contribution in [0.2, 0.25) is 0 Å². The fraction of sp³-hybridized carbons (Fsp3) is 0.538. The molecule has 0 radical (unpaired) electrons. The van der Waals surface area contributed by atoms with Crippen LogP contribution in [-0.2, 0) is 0 Å². The van der Waals surface area contributed by atoms with Crippen LogP contribution in [0.15, 0.2) is 18.2 Å². The Balaban J connectivity index is 1.83. The number of hydrogen-bond donors (Lipinski definition) is 1. The number of nitrogens with two attached hydrogens (primary N) is 1. The van der Waals surface area contributed by atoms with Gasteiger partial charge in [0.25, 0.3) is 0 Å². The summed E-state index contributed by atoms with van der Waals surface area (Å²) in [5, 5.41) is 0. The van der Waals surface area contributed by atoms with Gasteiger partial charge in [0.05, 0.1) is 6.61 Å². The van der Waals surface area contributed by atoms with Crippen molar-refractivity contribution in [1.82, 2.24) is 4.90 Å². The van der Waals surface area contributed by atoms with E-state index in [0.29, 0.717) is 19.2 Å². The normalized spacial score (nSPS) is 14.9. The largest absolute Gasteiger partial charge is 0.493 e. The molecule has 5 nitrogen and oxygen atoms in total. The summed E-state index contributed by atoms with van der Waals surface area (Å²) in [6.45, 7) is 1.56. The van der Waals surface area contributed by atoms with Crippen molar-refractivity contribution in [3.63, 3.8) is 0 Å². The Kier molecular flexibility index (Phi) is 4.28. The van der Waals surface area contributed by atoms with Gasteiger partial charge in [-0.2, -0.15) is 0 Å². The lowest BCUT2D eigenvalue weighted by Gasteiger charge is -2.22. The van der Waals surface area contributed by atoms with E-state index in [1.165, 1.54) is 0 Å². The molecule has 100 valence electrons. The van der Waals surface area contributed by atoms with Crippen LogP contribution in [0.25, 0.3) is 0 Å². The van der Waals surface area contributed by atoms with Crippen LogP contribution < -0.4 is 19.9 Å². The van der Waals surface area contributed by atoms with Crippen molar-refractivity contribution < 1.29 is 14.2 Å². The zero-order valence-electron chi connectivity index (χ0n) is 10.9. The lowest BCUT2D eigenvalue weighted by molar-refractivity contribution is 0.173. The first kappa shape index (κ1) is 13.0. The molecule has 0 amide bonds. The molecule has 2 rings (SSSR count). The maximum atomic E-state index is 5.70. The zero-order chi connectivity index (χ0) is 13.0. The van der Waals surface area contributed by atoms with Crippen molar-refractivity contribution in [2.75, 3.05) is 34.0 Å². The van der Waals surface area contributed by atoms with E-state index in [0.717, 1.165) is 23.7 Å². The van der Waals surface area contributed by atoms with Gasteiger partial charge in [0, 0.05) is 18.7 Å². The van der Waals surface area contributed by atoms with E-state index in [-0.39, 0.29) is 6.79 Å². The lowest BCUT2D eigenvalue weighted by atomic mass is 10.2. The van der Waals surface area contributed by atoms with Crippen molar-refractivity contribution in [2.24, 2.45) is 5.73 Å². The number of ether oxygens (including phenoxy) is 3. The molecule has 0 spiro atoms. The SMILES string of the molecule is CN(C)C(CN)CCOc1ccc2c(c1)OCO2. The molecular weight excluding hydrogens is 232 g/mol. The van der Waals surface area contributed by atoms with Crippen LogP contribution in [0.1, 0.15) is 6.42 Å². The molecular formula is C13H20N2O3. The summed E-state index contributed by atoms with van der Waals surface area (Å²) in [5.74, 6) is 2.32. The summed E-state index contributed by atoms with van der Waals surface area (Å²) in [7, 11) is 4.05. The third-order valence-corrected chi connectivity index (χ3v) is 3.07. The highest BCUT2D eigenvalue weighted by molar-refractivity contribution is 5.46. The van der Waals surface area contributed by atoms with E-state index in [9.17, 15) is 0 Å². The van der Waals surface area contributed by atoms with Crippen molar-refractivity contribution in [2.45, 2.75) is 12.5 Å². The average molecular weight is 252 g/mol. The summed E-state index contributed by atoms with van der Waals surface area (Å²) in [6.07, 6.45) is 0.901. The van der Waals surface area contributed by atoms with E-state index >= 15 is 0 Å². The third-order valence-electron chi connectivity index (χ3n) is 3.07. The molecule has 0 aromatic heterocycles. The Bertz CT molecular complexity index is 396. The van der Waals surface area contributed by atoms with Gasteiger partial charge >= 0.3 is 0 Å². The zero-order valence-corrected chi connectivity index (χ0v) is 10.9. The van der Waals surface area contributed by atoms with Crippen LogP contribution in [0.4, 0.5) is 0 Å². The van der Waals surface area contributed by atoms with Crippen LogP contribution in [0, 0.1) is 0 Å². The maximum Gasteiger partial charge on any atom is 0.231 e. The summed E-state index contributed by atoms with van der Waals surface area (Å²) >= 11 is 0. The van der Waals surface area contributed by atoms with Crippen LogP contribution in [0.3, 0.4) is 0 Å². The molecule has 0 saturated carbocycles. The van der Waals surface area contributed by atoms with E-state index in [4.69, 9.17) is 19.9 Å². The van der Waals surface area contributed by atoms with Gasteiger partial charge in [-0.15, -0.1) is 0 Å². The average Bonchev–Trinajstić information content (AvgIpc) is 2.81. The molecule has 0 saturated heterocycles. The highest BCUT2D eigenvalue weighted by atomic mass is 16.7. The molecule has 1 unspecified atom stereocenters. The Morgan fingerprint density at radius 3 is 2.83 bits per heavy atom. The molecule has 18 heavy (non-hydrogen) atoms. The smallest absolute Gasteiger partial charge is 0.231 e. The van der Waals surface area contributed by atoms with E-state index in [1.807, 2.05) is 32.3 Å². The van der Waals surface area contributed by atoms with E-state index < -0.39 is 0 Å². The fourth-order valence-corrected chi connectivity index (χ4v) is 1.87. The highest BCUT2D eigenvalue weighted by Gasteiger charge is 2.14. The number of rotatable bonds is 6. The van der Waals surface area contributed by atoms with Crippen molar-refractivity contribution in [3.05, 3.63) is 18.2 Å². The Morgan fingerprint density at radius 1 is 1.33 bits per heavy atom. The molecule has 1 aromatic carbocycles. The number of nitrogens with zero attached hydrogens (tertiary/aromatic N) is 1. The summed E-state index contributed by atoms with van der Waals surface area (Å²) in [6, 6.07) is 5.96. The lowest BCUT2D eigenvalue weighted by Crippen LogP contribution is -2.36. The van der Waals surface area contributed by atoms with Gasteiger partial charge in [-0.05, 0) is 32.6 Å². The first-order chi connectivity index (χ1) is 8.70. The molecule has 5 heteroatoms. The van der Waals surface area contributed by atoms with Gasteiger partial charge in [-0.1, -0.05) is 0 Å². The molecule has 1 aliphatic heterocycles. The minimum Gasteiger partial charge on any atom is -0.493 e. The number of likely N-dealkylation sites (N-methyl/N-ethyl adjacent to an activating group) is 1. The van der Waals surface area contributed by atoms with Gasteiger partial charge in [0.2, 0.25) is 6.79 Å². The molecule has 0 bridgehead atoms. The second-order valence-electron chi connectivity index (χ2n) is 4.51. The van der Waals surface area contributed by atoms with E-state index in [2.05, 4.69) is 4.90 Å². The first-order valence-corrected chi connectivity index (χ1v) is 6.09. The van der Waals surface area contributed by atoms with Gasteiger partial charge in [-0.3, -0.25) is 0 Å². The van der Waals surface area contributed by atoms with Crippen molar-refractivity contribution >= 4 is 0 Å². The fourth-order valence-electron chi connectivity index (χ4n) is 1.87. The van der Waals surface area contributed by atoms with Gasteiger partial charge in [0.15, 0.2) is 11.5 Å². The summed E-state index contributed by atoms with van der Waals surface area (Å²) < 4.78 is 16.2. The number of hydrogen-bond acceptors (Lipinski definition) is 5. The quantitative estimate of drug-likeness (QED) is 0.821. The van der Waals surface area contributed by atoms with E-state index in [1.54, 1.807) is 0 Å². The Labute approximate surface area is 107 Å². The van der Waals surface area contributed by atoms with Crippen molar-refractivity contribution in [3.8, 4) is 17.2 Å². The monoisotopic (exact) mass is 252 g/mol. The topological polar surface area (TPSA) is 57.0 Å². The standard InChI is InChI=1S/C13H20N2O3/c1-15(2)10(8-14)5-6-16-11-3-4-12-13(7-11)18-9-17-12/h3-4,7,10H,5-6,8-9,14H2,1-2H3. The minimum absolute atomic E-state index is 0.286. The van der Waals surface area contributed by atoms with Crippen LogP contribution >= 0.6 is 0 Å². The molecule has 1 aromatic rings. The maximum absolute atomic E-state index is 5.70. The second-order valence-corrected chi connectivity index (χ2v) is 4.51. The van der Waals surface area contributed by atoms with Gasteiger partial charge in [0.1, 0.15) is 5.75 Å². The second kappa shape index (κ2) is 5.93. The minimum atomic E-state index is 0.286. The highest BCUT2D eigenvalue weighted by Crippen LogP contribution is 2.35. The number of benzene rings is 1. The molecule has 1 aliphatic rings. The summed E-state index contributed by atoms with van der Waals surface area (Å²) in [5.41, 5.74) is 5.69. The van der Waals surface area contributed by atoms with Gasteiger partial charge < -0.3 is 24.8 Å². The molecule has 2 N–H and O–H groups in total. The van der Waals surface area contributed by atoms with Crippen molar-refractivity contribution in [1.29, 1.82) is 0 Å². The molecule has 1 heterocycles.